The number of phosphoric ester groups is 2. The summed E-state index contributed by atoms with van der Waals surface area (Å²) in [5.74, 6) is -2.30. The van der Waals surface area contributed by atoms with E-state index in [2.05, 4.69) is 125 Å². The molecule has 0 aliphatic carbocycles. The number of carbonyl (C=O) groups is 7. The highest BCUT2D eigenvalue weighted by Crippen LogP contribution is 2.44. The fourth-order valence-electron chi connectivity index (χ4n) is 14.3. The molecular weight excluding hydrogens is 1640 g/mol. The number of amides is 4. The van der Waals surface area contributed by atoms with Gasteiger partial charge in [-0.25, -0.2) is 13.9 Å². The topological polar surface area (TPSA) is 335 Å². The Morgan fingerprint density at radius 2 is 0.516 bits per heavy atom. The molecule has 4 amide bonds. The van der Waals surface area contributed by atoms with Crippen molar-refractivity contribution in [3.63, 3.8) is 0 Å². The van der Waals surface area contributed by atoms with E-state index in [1.165, 1.54) is 77.0 Å². The number of rotatable bonds is 94. The Balaban J connectivity index is 6.38. The fourth-order valence-corrected chi connectivity index (χ4v) is 15.8. The second-order valence-corrected chi connectivity index (χ2v) is 37.1. The Hall–Kier alpha value is -4.81. The number of nitrogens with one attached hydrogen (secondary N) is 4. The van der Waals surface area contributed by atoms with Crippen molar-refractivity contribution in [2.24, 2.45) is 0 Å². The summed E-state index contributed by atoms with van der Waals surface area (Å²) in [5.41, 5.74) is 0. The van der Waals surface area contributed by atoms with Gasteiger partial charge in [0.25, 0.3) is 0 Å². The zero-order valence-corrected chi connectivity index (χ0v) is 82.4. The lowest BCUT2D eigenvalue weighted by Crippen LogP contribution is -2.43. The smallest absolute Gasteiger partial charge is 0.462 e. The second-order valence-electron chi connectivity index (χ2n) is 34.2. The minimum Gasteiger partial charge on any atom is -0.462 e. The predicted molar refractivity (Wildman–Crippen MR) is 509 cm³/mol. The van der Waals surface area contributed by atoms with Gasteiger partial charge < -0.3 is 59.5 Å². The van der Waals surface area contributed by atoms with Crippen LogP contribution in [-0.4, -0.2) is 154 Å². The van der Waals surface area contributed by atoms with Gasteiger partial charge in [0.1, 0.15) is 24.4 Å². The van der Waals surface area contributed by atoms with Gasteiger partial charge in [-0.1, -0.05) is 284 Å². The molecule has 0 aliphatic rings. The van der Waals surface area contributed by atoms with Crippen LogP contribution in [0.15, 0.2) is 48.6 Å². The van der Waals surface area contributed by atoms with E-state index in [4.69, 9.17) is 46.5 Å². The Morgan fingerprint density at radius 1 is 0.278 bits per heavy atom. The minimum absolute atomic E-state index is 0.132. The molecule has 6 N–H and O–H groups in total. The average molecular weight is 1830 g/mol. The SMILES string of the molecule is CCCCCCC=CCCCC(=O)OC(CCCCCCC)CCOCC(COP(=O)(O)OCCNC(=O)NCCOP(=O)(O)OCC(COCCC(CCCCCCC)OC(=O)CCCC=CCCCCCC)NC(=O)C[C@@H](CCCCCCC)OC(=O)CCCC=CCCCCCC)NC(=O)C[C@@H](CCCCCCC)OC(=O)CCCC=CCCCCCC. The molecule has 0 saturated carbocycles. The van der Waals surface area contributed by atoms with Crippen molar-refractivity contribution in [1.29, 1.82) is 0 Å². The van der Waals surface area contributed by atoms with Gasteiger partial charge in [-0.3, -0.25) is 46.9 Å². The number of esters is 4. The first-order chi connectivity index (χ1) is 61.2. The first kappa shape index (κ1) is 121. The van der Waals surface area contributed by atoms with E-state index >= 15 is 0 Å². The molecule has 0 aromatic heterocycles. The van der Waals surface area contributed by atoms with Crippen LogP contribution >= 0.6 is 15.6 Å². The van der Waals surface area contributed by atoms with Crippen LogP contribution in [-0.2, 0) is 84.4 Å². The van der Waals surface area contributed by atoms with Gasteiger partial charge in [-0.15, -0.1) is 0 Å². The lowest BCUT2D eigenvalue weighted by atomic mass is 10.1. The first-order valence-electron chi connectivity index (χ1n) is 50.6. The van der Waals surface area contributed by atoms with E-state index in [0.717, 1.165) is 205 Å². The van der Waals surface area contributed by atoms with Crippen LogP contribution in [0.4, 0.5) is 4.79 Å². The molecule has 8 atom stereocenters. The number of allylic oxidation sites excluding steroid dienone is 8. The summed E-state index contributed by atoms with van der Waals surface area (Å²) in [5, 5.41) is 10.7. The van der Waals surface area contributed by atoms with Crippen molar-refractivity contribution < 1.29 is 99.0 Å². The van der Waals surface area contributed by atoms with Crippen LogP contribution in [0.2, 0.25) is 0 Å². The van der Waals surface area contributed by atoms with Crippen molar-refractivity contribution in [2.45, 2.75) is 477 Å². The number of hydrogen-bond acceptors (Lipinski definition) is 19. The van der Waals surface area contributed by atoms with E-state index in [-0.39, 0.29) is 102 Å². The Bertz CT molecular complexity index is 2650. The third kappa shape index (κ3) is 83.5. The number of unbranched alkanes of at least 4 members (excludes halogenated alkanes) is 36. The van der Waals surface area contributed by atoms with Gasteiger partial charge in [0.15, 0.2) is 0 Å². The molecular formula is C99H184N4O21P2. The Labute approximate surface area is 765 Å². The van der Waals surface area contributed by atoms with Crippen molar-refractivity contribution in [3.8, 4) is 0 Å². The minimum atomic E-state index is -4.86. The van der Waals surface area contributed by atoms with Crippen LogP contribution in [0.5, 0.6) is 0 Å². The number of carbonyl (C=O) groups excluding carboxylic acids is 7. The zero-order valence-electron chi connectivity index (χ0n) is 80.6. The number of hydrogen-bond donors (Lipinski definition) is 6. The summed E-state index contributed by atoms with van der Waals surface area (Å²) in [6.07, 6.45) is 67.2. The molecule has 126 heavy (non-hydrogen) atoms. The summed E-state index contributed by atoms with van der Waals surface area (Å²) < 4.78 is 84.7. The molecule has 736 valence electrons. The van der Waals surface area contributed by atoms with E-state index in [1.807, 2.05) is 0 Å². The summed E-state index contributed by atoms with van der Waals surface area (Å²) >= 11 is 0. The molecule has 0 spiro atoms. The van der Waals surface area contributed by atoms with Crippen molar-refractivity contribution in [1.82, 2.24) is 21.3 Å². The molecule has 0 rings (SSSR count). The third-order valence-electron chi connectivity index (χ3n) is 21.8. The predicted octanol–water partition coefficient (Wildman–Crippen LogP) is 25.0. The van der Waals surface area contributed by atoms with Crippen LogP contribution in [0.1, 0.15) is 441 Å². The van der Waals surface area contributed by atoms with E-state index in [0.29, 0.717) is 64.2 Å². The third-order valence-corrected chi connectivity index (χ3v) is 23.8. The number of urea groups is 1. The van der Waals surface area contributed by atoms with Gasteiger partial charge in [0, 0.05) is 51.6 Å². The molecule has 0 radical (unpaired) electrons. The lowest BCUT2D eigenvalue weighted by Gasteiger charge is -2.23. The molecule has 0 saturated heterocycles. The molecule has 6 unspecified atom stereocenters. The highest BCUT2D eigenvalue weighted by molar-refractivity contribution is 7.47. The lowest BCUT2D eigenvalue weighted by molar-refractivity contribution is -0.152. The first-order valence-corrected chi connectivity index (χ1v) is 53.5. The van der Waals surface area contributed by atoms with Crippen molar-refractivity contribution >= 4 is 57.4 Å². The van der Waals surface area contributed by atoms with Gasteiger partial charge in [-0.2, -0.15) is 0 Å². The van der Waals surface area contributed by atoms with E-state index in [1.54, 1.807) is 0 Å². The quantitative estimate of drug-likeness (QED) is 0.0108. The largest absolute Gasteiger partial charge is 0.472 e. The van der Waals surface area contributed by atoms with E-state index in [9.17, 15) is 52.5 Å². The summed E-state index contributed by atoms with van der Waals surface area (Å²) in [6.45, 7) is 14.6. The Morgan fingerprint density at radius 3 is 0.786 bits per heavy atom. The molecule has 27 heteroatoms. The second kappa shape index (κ2) is 89.4. The molecule has 0 heterocycles. The van der Waals surface area contributed by atoms with Crippen LogP contribution in [0.3, 0.4) is 0 Å². The normalized spacial score (nSPS) is 14.2. The molecule has 0 fully saturated rings. The highest BCUT2D eigenvalue weighted by Gasteiger charge is 2.30. The van der Waals surface area contributed by atoms with Crippen molar-refractivity contribution in [3.05, 3.63) is 48.6 Å². The molecule has 0 aromatic rings. The van der Waals surface area contributed by atoms with Crippen LogP contribution < -0.4 is 21.3 Å². The van der Waals surface area contributed by atoms with E-state index < -0.39 is 96.4 Å². The zero-order chi connectivity index (χ0) is 92.6. The fraction of sp³-hybridized carbons (Fsp3) is 0.848. The van der Waals surface area contributed by atoms with Crippen LogP contribution in [0.25, 0.3) is 0 Å². The summed E-state index contributed by atoms with van der Waals surface area (Å²) in [6, 6.07) is -2.78. The maximum atomic E-state index is 14.0. The number of ether oxygens (including phenoxy) is 6. The maximum absolute atomic E-state index is 14.0. The van der Waals surface area contributed by atoms with Gasteiger partial charge >= 0.3 is 45.6 Å². The summed E-state index contributed by atoms with van der Waals surface area (Å²) in [4.78, 5) is 116. The Kier molecular flexibility index (Phi) is 86.0. The van der Waals surface area contributed by atoms with Crippen LogP contribution in [0, 0.1) is 0 Å². The monoisotopic (exact) mass is 1830 g/mol. The average Bonchev–Trinajstić information content (AvgIpc) is 0.906. The van der Waals surface area contributed by atoms with Gasteiger partial charge in [0.05, 0.1) is 77.8 Å². The molecule has 25 nitrogen and oxygen atoms in total. The van der Waals surface area contributed by atoms with Gasteiger partial charge in [0.2, 0.25) is 11.8 Å². The van der Waals surface area contributed by atoms with Crippen molar-refractivity contribution in [2.75, 3.05) is 65.9 Å². The maximum Gasteiger partial charge on any atom is 0.472 e. The van der Waals surface area contributed by atoms with Gasteiger partial charge in [-0.05, 0) is 154 Å². The molecule has 0 aliphatic heterocycles. The standard InChI is InChI=1S/C99H184N4O21P2/c1-9-17-25-33-37-41-45-53-61-69-95(106)121-89(65-57-49-29-21-13-5)73-77-115-83-87(102-93(104)81-91(67-59-51-31-23-15-7)123-97(108)71-63-55-47-43-39-35-27-19-11-3)85-119-125(111,112)117-79-75-100-99(110)101-76-80-118-126(113,114)120-86-88(84-116-78-74-90(66-58-50-30-22-14-6)122-96(107)70-62-54-46-42-38-34-26-18-10-2)103-94(105)82-92(68-60-52-32-24-16-8)124-98(109)72-64-56-48-44-40-36-28-20-12-4/h41-48,87-92H,9-40,49-86H2,1-8H3,(H,102,104)(H,103,105)(H,111,112)(H,113,114)(H2,100,101,110)/t87?,88?,89?,90?,91-,92-/m1/s1. The molecule has 0 bridgehead atoms. The molecule has 0 aromatic carbocycles. The highest BCUT2D eigenvalue weighted by atomic mass is 31.2. The number of phosphoric acid groups is 2. The summed E-state index contributed by atoms with van der Waals surface area (Å²) in [7, 11) is -9.73.